The molecule has 0 radical (unpaired) electrons. The molecule has 1 aliphatic heterocycles. The van der Waals surface area contributed by atoms with Gasteiger partial charge in [0.2, 0.25) is 0 Å². The highest BCUT2D eigenvalue weighted by Crippen LogP contribution is 2.32. The quantitative estimate of drug-likeness (QED) is 0.744. The van der Waals surface area contributed by atoms with Crippen molar-refractivity contribution in [1.29, 1.82) is 0 Å². The summed E-state index contributed by atoms with van der Waals surface area (Å²) in [5, 5.41) is 0. The van der Waals surface area contributed by atoms with E-state index in [1.807, 2.05) is 0 Å². The third kappa shape index (κ3) is 1.73. The highest BCUT2D eigenvalue weighted by Gasteiger charge is 2.18. The molecule has 0 saturated heterocycles. The molecule has 1 aromatic carbocycles. The SMILES string of the molecule is NCC1CCCOc2cc(F)ccc21. The summed E-state index contributed by atoms with van der Waals surface area (Å²) >= 11 is 0. The Hall–Kier alpha value is -1.09. The number of rotatable bonds is 1. The van der Waals surface area contributed by atoms with Gasteiger partial charge in [-0.3, -0.25) is 0 Å². The lowest BCUT2D eigenvalue weighted by atomic mass is 9.94. The lowest BCUT2D eigenvalue weighted by molar-refractivity contribution is 0.314. The number of halogens is 1. The summed E-state index contributed by atoms with van der Waals surface area (Å²) < 4.78 is 18.4. The molecule has 0 bridgehead atoms. The third-order valence-electron chi connectivity index (χ3n) is 2.65. The molecule has 0 aliphatic carbocycles. The summed E-state index contributed by atoms with van der Waals surface area (Å²) in [6.45, 7) is 1.26. The van der Waals surface area contributed by atoms with E-state index in [2.05, 4.69) is 0 Å². The second-order valence-corrected chi connectivity index (χ2v) is 3.61. The van der Waals surface area contributed by atoms with Gasteiger partial charge in [0.1, 0.15) is 11.6 Å². The number of nitrogens with two attached hydrogens (primary N) is 1. The Morgan fingerprint density at radius 1 is 1.50 bits per heavy atom. The first-order chi connectivity index (χ1) is 6.81. The Morgan fingerprint density at radius 2 is 2.36 bits per heavy atom. The van der Waals surface area contributed by atoms with Crippen molar-refractivity contribution < 1.29 is 9.13 Å². The summed E-state index contributed by atoms with van der Waals surface area (Å²) in [7, 11) is 0. The van der Waals surface area contributed by atoms with Crippen molar-refractivity contribution in [2.24, 2.45) is 5.73 Å². The maximum Gasteiger partial charge on any atom is 0.126 e. The van der Waals surface area contributed by atoms with Crippen molar-refractivity contribution in [2.75, 3.05) is 13.2 Å². The second kappa shape index (κ2) is 3.96. The molecule has 2 N–H and O–H groups in total. The van der Waals surface area contributed by atoms with E-state index in [1.54, 1.807) is 6.07 Å². The van der Waals surface area contributed by atoms with Crippen LogP contribution in [-0.2, 0) is 0 Å². The zero-order valence-corrected chi connectivity index (χ0v) is 8.00. The fourth-order valence-electron chi connectivity index (χ4n) is 1.88. The molecular weight excluding hydrogens is 181 g/mol. The molecule has 2 nitrogen and oxygen atoms in total. The Labute approximate surface area is 82.9 Å². The molecule has 0 amide bonds. The maximum atomic E-state index is 12.9. The van der Waals surface area contributed by atoms with Crippen LogP contribution in [0.15, 0.2) is 18.2 Å². The van der Waals surface area contributed by atoms with Crippen LogP contribution in [0.25, 0.3) is 0 Å². The van der Waals surface area contributed by atoms with E-state index < -0.39 is 0 Å². The van der Waals surface area contributed by atoms with E-state index in [-0.39, 0.29) is 5.82 Å². The van der Waals surface area contributed by atoms with E-state index in [4.69, 9.17) is 10.5 Å². The molecule has 1 atom stereocenters. The fraction of sp³-hybridized carbons (Fsp3) is 0.455. The van der Waals surface area contributed by atoms with Crippen molar-refractivity contribution in [3.05, 3.63) is 29.6 Å². The average molecular weight is 195 g/mol. The fourth-order valence-corrected chi connectivity index (χ4v) is 1.88. The van der Waals surface area contributed by atoms with Gasteiger partial charge < -0.3 is 10.5 Å². The molecule has 76 valence electrons. The second-order valence-electron chi connectivity index (χ2n) is 3.61. The minimum absolute atomic E-state index is 0.249. The molecule has 1 aromatic rings. The zero-order valence-electron chi connectivity index (χ0n) is 8.00. The first-order valence-corrected chi connectivity index (χ1v) is 4.93. The standard InChI is InChI=1S/C11H14FNO/c12-9-3-4-10-8(7-13)2-1-5-14-11(10)6-9/h3-4,6,8H,1-2,5,7,13H2. The highest BCUT2D eigenvalue weighted by molar-refractivity contribution is 5.37. The zero-order chi connectivity index (χ0) is 9.97. The van der Waals surface area contributed by atoms with Gasteiger partial charge in [-0.05, 0) is 36.9 Å². The van der Waals surface area contributed by atoms with Crippen molar-refractivity contribution in [2.45, 2.75) is 18.8 Å². The average Bonchev–Trinajstić information content (AvgIpc) is 2.38. The number of hydrogen-bond donors (Lipinski definition) is 1. The summed E-state index contributed by atoms with van der Waals surface area (Å²) in [5.74, 6) is 0.729. The van der Waals surface area contributed by atoms with Crippen molar-refractivity contribution in [3.63, 3.8) is 0 Å². The predicted octanol–water partition coefficient (Wildman–Crippen LogP) is 2.04. The molecular formula is C11H14FNO. The smallest absolute Gasteiger partial charge is 0.126 e. The van der Waals surface area contributed by atoms with Crippen LogP contribution in [-0.4, -0.2) is 13.2 Å². The van der Waals surface area contributed by atoms with Gasteiger partial charge in [0.05, 0.1) is 6.61 Å². The summed E-state index contributed by atoms with van der Waals surface area (Å²) in [6.07, 6.45) is 2.01. The normalized spacial score (nSPS) is 20.9. The van der Waals surface area contributed by atoms with E-state index in [0.717, 1.165) is 18.4 Å². The topological polar surface area (TPSA) is 35.2 Å². The summed E-state index contributed by atoms with van der Waals surface area (Å²) in [5.41, 5.74) is 6.72. The van der Waals surface area contributed by atoms with Crippen LogP contribution in [0, 0.1) is 5.82 Å². The van der Waals surface area contributed by atoms with Crippen LogP contribution >= 0.6 is 0 Å². The lowest BCUT2D eigenvalue weighted by Gasteiger charge is -2.13. The molecule has 1 unspecified atom stereocenters. The van der Waals surface area contributed by atoms with Crippen LogP contribution in [0.1, 0.15) is 24.3 Å². The molecule has 0 spiro atoms. The number of hydrogen-bond acceptors (Lipinski definition) is 2. The van der Waals surface area contributed by atoms with Crippen LogP contribution in [0.2, 0.25) is 0 Å². The molecule has 1 heterocycles. The van der Waals surface area contributed by atoms with Crippen molar-refractivity contribution >= 4 is 0 Å². The summed E-state index contributed by atoms with van der Waals surface area (Å²) in [4.78, 5) is 0. The molecule has 0 aromatic heterocycles. The minimum Gasteiger partial charge on any atom is -0.493 e. The Kier molecular flexibility index (Phi) is 2.68. The van der Waals surface area contributed by atoms with Crippen molar-refractivity contribution in [1.82, 2.24) is 0 Å². The van der Waals surface area contributed by atoms with Crippen LogP contribution in [0.3, 0.4) is 0 Å². The first kappa shape index (κ1) is 9.46. The lowest BCUT2D eigenvalue weighted by Crippen LogP contribution is -2.11. The Balaban J connectivity index is 2.39. The Morgan fingerprint density at radius 3 is 3.14 bits per heavy atom. The number of fused-ring (bicyclic) bond motifs is 1. The monoisotopic (exact) mass is 195 g/mol. The van der Waals surface area contributed by atoms with Gasteiger partial charge in [-0.2, -0.15) is 0 Å². The van der Waals surface area contributed by atoms with Gasteiger partial charge in [-0.25, -0.2) is 4.39 Å². The van der Waals surface area contributed by atoms with Gasteiger partial charge in [0, 0.05) is 6.07 Å². The number of benzene rings is 1. The molecule has 0 saturated carbocycles. The minimum atomic E-state index is -0.249. The largest absolute Gasteiger partial charge is 0.493 e. The molecule has 0 fully saturated rings. The van der Waals surface area contributed by atoms with E-state index in [1.165, 1.54) is 12.1 Å². The van der Waals surface area contributed by atoms with E-state index in [9.17, 15) is 4.39 Å². The Bertz CT molecular complexity index is 327. The first-order valence-electron chi connectivity index (χ1n) is 4.93. The van der Waals surface area contributed by atoms with Crippen molar-refractivity contribution in [3.8, 4) is 5.75 Å². The van der Waals surface area contributed by atoms with Crippen LogP contribution in [0.4, 0.5) is 4.39 Å². The van der Waals surface area contributed by atoms with Gasteiger partial charge in [-0.1, -0.05) is 6.07 Å². The van der Waals surface area contributed by atoms with Gasteiger partial charge in [0.15, 0.2) is 0 Å². The van der Waals surface area contributed by atoms with E-state index in [0.29, 0.717) is 24.8 Å². The molecule has 1 aliphatic rings. The van der Waals surface area contributed by atoms with Gasteiger partial charge in [-0.15, -0.1) is 0 Å². The molecule has 3 heteroatoms. The van der Waals surface area contributed by atoms with Gasteiger partial charge >= 0.3 is 0 Å². The number of ether oxygens (including phenoxy) is 1. The van der Waals surface area contributed by atoms with E-state index >= 15 is 0 Å². The van der Waals surface area contributed by atoms with Gasteiger partial charge in [0.25, 0.3) is 0 Å². The van der Waals surface area contributed by atoms with Crippen LogP contribution < -0.4 is 10.5 Å². The molecule has 2 rings (SSSR count). The third-order valence-corrected chi connectivity index (χ3v) is 2.65. The highest BCUT2D eigenvalue weighted by atomic mass is 19.1. The summed E-state index contributed by atoms with van der Waals surface area (Å²) in [6, 6.07) is 4.70. The van der Waals surface area contributed by atoms with Crippen LogP contribution in [0.5, 0.6) is 5.75 Å². The maximum absolute atomic E-state index is 12.9. The molecule has 14 heavy (non-hydrogen) atoms. The predicted molar refractivity (Wildman–Crippen MR) is 52.9 cm³/mol.